The first kappa shape index (κ1) is 16.6. The first-order chi connectivity index (χ1) is 9.40. The van der Waals surface area contributed by atoms with Crippen molar-refractivity contribution in [3.05, 3.63) is 46.2 Å². The van der Waals surface area contributed by atoms with Crippen LogP contribution < -0.4 is 0 Å². The Kier molecular flexibility index (Phi) is 6.59. The molecule has 1 unspecified atom stereocenters. The van der Waals surface area contributed by atoms with Crippen molar-refractivity contribution < 1.29 is 15.0 Å². The van der Waals surface area contributed by atoms with Crippen LogP contribution in [0.1, 0.15) is 38.2 Å². The van der Waals surface area contributed by atoms with Crippen molar-refractivity contribution in [3.63, 3.8) is 0 Å². The number of aliphatic carboxylic acids is 1. The lowest BCUT2D eigenvalue weighted by Crippen LogP contribution is -2.12. The van der Waals surface area contributed by atoms with E-state index in [1.165, 1.54) is 5.56 Å². The molecule has 2 rings (SSSR count). The van der Waals surface area contributed by atoms with Crippen LogP contribution >= 0.6 is 11.6 Å². The molecule has 0 aromatic heterocycles. The van der Waals surface area contributed by atoms with E-state index in [0.717, 1.165) is 10.6 Å². The third-order valence-electron chi connectivity index (χ3n) is 3.45. The number of carboxylic acids is 1. The summed E-state index contributed by atoms with van der Waals surface area (Å²) in [5.41, 5.74) is 2.19. The molecule has 0 spiro atoms. The smallest absolute Gasteiger partial charge is 0.306 e. The minimum atomic E-state index is -0.738. The Morgan fingerprint density at radius 3 is 2.20 bits per heavy atom. The predicted octanol–water partition coefficient (Wildman–Crippen LogP) is 4.74. The molecule has 1 atom stereocenters. The number of allylic oxidation sites excluding steroid dienone is 2. The molecule has 1 aliphatic rings. The van der Waals surface area contributed by atoms with Crippen LogP contribution in [0.4, 0.5) is 0 Å². The average Bonchev–Trinajstić information content (AvgIpc) is 2.57. The van der Waals surface area contributed by atoms with Gasteiger partial charge in [0.1, 0.15) is 0 Å². The second kappa shape index (κ2) is 7.95. The number of carbonyl (C=O) groups is 1. The number of hydrogen-bond acceptors (Lipinski definition) is 2. The highest BCUT2D eigenvalue weighted by Gasteiger charge is 2.21. The Bertz CT molecular complexity index is 440. The molecule has 0 saturated carbocycles. The fourth-order valence-electron chi connectivity index (χ4n) is 1.98. The van der Waals surface area contributed by atoms with Crippen molar-refractivity contribution in [1.82, 2.24) is 0 Å². The molecule has 20 heavy (non-hydrogen) atoms. The normalized spacial score (nSPS) is 18.9. The summed E-state index contributed by atoms with van der Waals surface area (Å²) in [6.45, 7) is 3.90. The number of aliphatic hydroxyl groups is 1. The molecule has 1 aromatic rings. The Morgan fingerprint density at radius 1 is 1.15 bits per heavy atom. The Morgan fingerprint density at radius 2 is 1.70 bits per heavy atom. The van der Waals surface area contributed by atoms with Gasteiger partial charge in [0.15, 0.2) is 0 Å². The van der Waals surface area contributed by atoms with Gasteiger partial charge >= 0.3 is 5.97 Å². The summed E-state index contributed by atoms with van der Waals surface area (Å²) >= 11 is 5.61. The molecule has 3 nitrogen and oxygen atoms in total. The minimum absolute atomic E-state index is 0.274. The van der Waals surface area contributed by atoms with Crippen LogP contribution in [0.15, 0.2) is 35.6 Å². The van der Waals surface area contributed by atoms with Gasteiger partial charge in [-0.3, -0.25) is 4.79 Å². The highest BCUT2D eigenvalue weighted by Crippen LogP contribution is 2.26. The fourth-order valence-corrected chi connectivity index (χ4v) is 2.11. The van der Waals surface area contributed by atoms with E-state index in [2.05, 4.69) is 0 Å². The topological polar surface area (TPSA) is 57.5 Å². The van der Waals surface area contributed by atoms with E-state index in [-0.39, 0.29) is 5.92 Å². The third-order valence-corrected chi connectivity index (χ3v) is 3.70. The van der Waals surface area contributed by atoms with Crippen LogP contribution in [0.5, 0.6) is 0 Å². The lowest BCUT2D eigenvalue weighted by Gasteiger charge is -2.06. The first-order valence-electron chi connectivity index (χ1n) is 6.72. The van der Waals surface area contributed by atoms with E-state index in [1.807, 2.05) is 38.1 Å². The van der Waals surface area contributed by atoms with Crippen LogP contribution in [0.3, 0.4) is 0 Å². The molecule has 4 heteroatoms. The fraction of sp³-hybridized carbons (Fsp3) is 0.438. The van der Waals surface area contributed by atoms with Gasteiger partial charge in [0.05, 0.1) is 11.7 Å². The van der Waals surface area contributed by atoms with Crippen LogP contribution in [-0.4, -0.2) is 16.2 Å². The lowest BCUT2D eigenvalue weighted by molar-refractivity contribution is -0.142. The summed E-state index contributed by atoms with van der Waals surface area (Å²) in [6.07, 6.45) is 2.45. The van der Waals surface area contributed by atoms with Gasteiger partial charge in [-0.1, -0.05) is 29.3 Å². The van der Waals surface area contributed by atoms with E-state index in [9.17, 15) is 9.90 Å². The summed E-state index contributed by atoms with van der Waals surface area (Å²) < 4.78 is 0. The number of benzene rings is 1. The van der Waals surface area contributed by atoms with Crippen molar-refractivity contribution in [1.29, 1.82) is 0 Å². The standard InChI is InChI=1S/C9H14O3.C7H7Cl/c1-6-2-3-7(9(11)12)4-5-8(6)10;1-6-2-4-7(8)5-3-6/h7,10H,2-5H2,1H3,(H,11,12);2-5H,1H3. The molecule has 1 aromatic carbocycles. The molecular formula is C16H21ClO3. The molecule has 0 bridgehead atoms. The Hall–Kier alpha value is -1.48. The SMILES string of the molecule is CC1=C(O)CCC(C(=O)O)CC1.Cc1ccc(Cl)cc1. The van der Waals surface area contributed by atoms with Crippen LogP contribution in [0, 0.1) is 12.8 Å². The van der Waals surface area contributed by atoms with E-state index < -0.39 is 5.97 Å². The molecule has 0 saturated heterocycles. The van der Waals surface area contributed by atoms with E-state index in [1.54, 1.807) is 0 Å². The summed E-state index contributed by atoms with van der Waals surface area (Å²) in [5.74, 6) is -0.624. The molecular weight excluding hydrogens is 276 g/mol. The molecule has 0 aliphatic heterocycles. The van der Waals surface area contributed by atoms with Gasteiger partial charge in [-0.2, -0.15) is 0 Å². The van der Waals surface area contributed by atoms with Gasteiger partial charge in [0.2, 0.25) is 0 Å². The Labute approximate surface area is 124 Å². The maximum Gasteiger partial charge on any atom is 0.306 e. The zero-order valence-corrected chi connectivity index (χ0v) is 12.7. The molecule has 1 aliphatic carbocycles. The van der Waals surface area contributed by atoms with Crippen molar-refractivity contribution in [2.75, 3.05) is 0 Å². The number of aryl methyl sites for hydroxylation is 1. The molecule has 0 heterocycles. The third kappa shape index (κ3) is 5.66. The zero-order valence-electron chi connectivity index (χ0n) is 11.9. The summed E-state index contributed by atoms with van der Waals surface area (Å²) in [6, 6.07) is 7.75. The van der Waals surface area contributed by atoms with Gasteiger partial charge in [0.25, 0.3) is 0 Å². The van der Waals surface area contributed by atoms with Crippen molar-refractivity contribution >= 4 is 17.6 Å². The summed E-state index contributed by atoms with van der Waals surface area (Å²) in [5, 5.41) is 18.9. The number of halogens is 1. The molecule has 0 amide bonds. The largest absolute Gasteiger partial charge is 0.512 e. The quantitative estimate of drug-likeness (QED) is 0.787. The molecule has 110 valence electrons. The molecule has 0 fully saturated rings. The maximum atomic E-state index is 10.6. The first-order valence-corrected chi connectivity index (χ1v) is 7.10. The maximum absolute atomic E-state index is 10.6. The highest BCUT2D eigenvalue weighted by atomic mass is 35.5. The molecule has 2 N–H and O–H groups in total. The second-order valence-electron chi connectivity index (χ2n) is 5.14. The van der Waals surface area contributed by atoms with Gasteiger partial charge in [-0.05, 0) is 50.8 Å². The number of rotatable bonds is 1. The summed E-state index contributed by atoms with van der Waals surface area (Å²) in [7, 11) is 0. The van der Waals surface area contributed by atoms with Crippen LogP contribution in [0.25, 0.3) is 0 Å². The van der Waals surface area contributed by atoms with Gasteiger partial charge < -0.3 is 10.2 Å². The Balaban J connectivity index is 0.000000217. The van der Waals surface area contributed by atoms with E-state index in [0.29, 0.717) is 31.4 Å². The van der Waals surface area contributed by atoms with Gasteiger partial charge in [0, 0.05) is 11.4 Å². The van der Waals surface area contributed by atoms with Crippen molar-refractivity contribution in [2.45, 2.75) is 39.5 Å². The second-order valence-corrected chi connectivity index (χ2v) is 5.57. The predicted molar refractivity (Wildman–Crippen MR) is 81.1 cm³/mol. The molecule has 0 radical (unpaired) electrons. The lowest BCUT2D eigenvalue weighted by atomic mass is 10.00. The zero-order chi connectivity index (χ0) is 15.1. The van der Waals surface area contributed by atoms with E-state index >= 15 is 0 Å². The highest BCUT2D eigenvalue weighted by molar-refractivity contribution is 6.30. The summed E-state index contributed by atoms with van der Waals surface area (Å²) in [4.78, 5) is 10.6. The number of hydrogen-bond donors (Lipinski definition) is 2. The monoisotopic (exact) mass is 296 g/mol. The van der Waals surface area contributed by atoms with E-state index in [4.69, 9.17) is 16.7 Å². The van der Waals surface area contributed by atoms with Crippen molar-refractivity contribution in [2.24, 2.45) is 5.92 Å². The van der Waals surface area contributed by atoms with Crippen molar-refractivity contribution in [3.8, 4) is 0 Å². The minimum Gasteiger partial charge on any atom is -0.512 e. The van der Waals surface area contributed by atoms with Gasteiger partial charge in [-0.25, -0.2) is 0 Å². The van der Waals surface area contributed by atoms with Gasteiger partial charge in [-0.15, -0.1) is 0 Å². The average molecular weight is 297 g/mol. The number of aliphatic hydroxyl groups excluding tert-OH is 1. The van der Waals surface area contributed by atoms with Crippen LogP contribution in [0.2, 0.25) is 5.02 Å². The van der Waals surface area contributed by atoms with Crippen LogP contribution in [-0.2, 0) is 4.79 Å². The number of carboxylic acid groups (broad SMARTS) is 1.